The maximum atomic E-state index is 12.6. The van der Waals surface area contributed by atoms with Crippen molar-refractivity contribution in [3.63, 3.8) is 0 Å². The Bertz CT molecular complexity index is 923. The molecule has 3 aromatic rings. The summed E-state index contributed by atoms with van der Waals surface area (Å²) in [4.78, 5) is 31.0. The van der Waals surface area contributed by atoms with E-state index in [9.17, 15) is 9.59 Å². The predicted molar refractivity (Wildman–Crippen MR) is 94.9 cm³/mol. The van der Waals surface area contributed by atoms with Crippen LogP contribution < -0.4 is 0 Å². The van der Waals surface area contributed by atoms with Gasteiger partial charge in [-0.25, -0.2) is 9.78 Å². The van der Waals surface area contributed by atoms with E-state index in [-0.39, 0.29) is 5.91 Å². The highest BCUT2D eigenvalue weighted by Crippen LogP contribution is 2.24. The molecule has 1 aromatic heterocycles. The van der Waals surface area contributed by atoms with E-state index in [0.29, 0.717) is 37.6 Å². The molecule has 26 heavy (non-hydrogen) atoms. The number of aromatic nitrogens is 1. The van der Waals surface area contributed by atoms with Gasteiger partial charge in [-0.1, -0.05) is 12.1 Å². The lowest BCUT2D eigenvalue weighted by Crippen LogP contribution is -2.50. The molecule has 1 fully saturated rings. The van der Waals surface area contributed by atoms with Crippen LogP contribution in [0.5, 0.6) is 0 Å². The first kappa shape index (κ1) is 16.1. The van der Waals surface area contributed by atoms with Crippen LogP contribution in [0, 0.1) is 0 Å². The van der Waals surface area contributed by atoms with Gasteiger partial charge in [0.1, 0.15) is 5.52 Å². The van der Waals surface area contributed by atoms with Crippen LogP contribution in [0.4, 0.5) is 4.79 Å². The van der Waals surface area contributed by atoms with Crippen LogP contribution in [0.15, 0.2) is 52.9 Å². The summed E-state index contributed by atoms with van der Waals surface area (Å²) in [5, 5.41) is 8.98. The second-order valence-electron chi connectivity index (χ2n) is 6.13. The monoisotopic (exact) mass is 351 g/mol. The van der Waals surface area contributed by atoms with Gasteiger partial charge in [-0.3, -0.25) is 4.79 Å². The van der Waals surface area contributed by atoms with Crippen molar-refractivity contribution >= 4 is 23.1 Å². The summed E-state index contributed by atoms with van der Waals surface area (Å²) in [5.74, 6) is 0.416. The lowest BCUT2D eigenvalue weighted by atomic mass is 10.1. The van der Waals surface area contributed by atoms with Crippen LogP contribution in [0.3, 0.4) is 0 Å². The van der Waals surface area contributed by atoms with Crippen LogP contribution in [-0.2, 0) is 0 Å². The lowest BCUT2D eigenvalue weighted by molar-refractivity contribution is 0.0625. The first-order valence-electron chi connectivity index (χ1n) is 8.35. The third-order valence-electron chi connectivity index (χ3n) is 4.51. The second-order valence-corrected chi connectivity index (χ2v) is 6.13. The van der Waals surface area contributed by atoms with Crippen LogP contribution in [0.1, 0.15) is 10.4 Å². The Balaban J connectivity index is 1.49. The topological polar surface area (TPSA) is 86.9 Å². The van der Waals surface area contributed by atoms with E-state index in [0.717, 1.165) is 16.7 Å². The van der Waals surface area contributed by atoms with Crippen molar-refractivity contribution in [2.75, 3.05) is 26.2 Å². The second kappa shape index (κ2) is 6.51. The summed E-state index contributed by atoms with van der Waals surface area (Å²) in [6.45, 7) is 1.47. The van der Waals surface area contributed by atoms with Crippen molar-refractivity contribution in [1.29, 1.82) is 0 Å². The molecule has 4 rings (SSSR count). The average molecular weight is 351 g/mol. The summed E-state index contributed by atoms with van der Waals surface area (Å²) in [6, 6.07) is 14.7. The van der Waals surface area contributed by atoms with Crippen LogP contribution in [0.25, 0.3) is 22.6 Å². The zero-order valence-corrected chi connectivity index (χ0v) is 14.0. The van der Waals surface area contributed by atoms with Gasteiger partial charge in [-0.2, -0.15) is 0 Å². The number of hydrogen-bond donors (Lipinski definition) is 1. The van der Waals surface area contributed by atoms with Gasteiger partial charge in [-0.05, 0) is 36.4 Å². The average Bonchev–Trinajstić information content (AvgIpc) is 3.12. The van der Waals surface area contributed by atoms with Crippen molar-refractivity contribution in [1.82, 2.24) is 14.8 Å². The van der Waals surface area contributed by atoms with E-state index in [4.69, 9.17) is 9.52 Å². The minimum Gasteiger partial charge on any atom is -0.465 e. The highest BCUT2D eigenvalue weighted by molar-refractivity contribution is 5.94. The predicted octanol–water partition coefficient (Wildman–Crippen LogP) is 2.93. The standard InChI is InChI=1S/C19H17N3O4/c23-18(21-9-11-22(12-10-21)19(24)25)14-7-5-13(6-8-14)17-20-15-3-1-2-4-16(15)26-17/h1-8H,9-12H2,(H,24,25). The Morgan fingerprint density at radius 1 is 0.923 bits per heavy atom. The van der Waals surface area contributed by atoms with Crippen LogP contribution >= 0.6 is 0 Å². The summed E-state index contributed by atoms with van der Waals surface area (Å²) in [7, 11) is 0. The Labute approximate surface area is 149 Å². The van der Waals surface area contributed by atoms with Gasteiger partial charge in [0.15, 0.2) is 5.58 Å². The Kier molecular flexibility index (Phi) is 4.04. The van der Waals surface area contributed by atoms with Crippen LogP contribution in [-0.4, -0.2) is 58.1 Å². The fourth-order valence-corrected chi connectivity index (χ4v) is 3.03. The number of amides is 2. The molecule has 2 heterocycles. The first-order valence-corrected chi connectivity index (χ1v) is 8.35. The zero-order valence-electron chi connectivity index (χ0n) is 14.0. The molecular weight excluding hydrogens is 334 g/mol. The van der Waals surface area contributed by atoms with Crippen molar-refractivity contribution < 1.29 is 19.1 Å². The number of carbonyl (C=O) groups excluding carboxylic acids is 1. The molecule has 7 nitrogen and oxygen atoms in total. The van der Waals surface area contributed by atoms with Gasteiger partial charge >= 0.3 is 6.09 Å². The summed E-state index contributed by atoms with van der Waals surface area (Å²) < 4.78 is 5.74. The third kappa shape index (κ3) is 2.99. The van der Waals surface area contributed by atoms with Crippen molar-refractivity contribution in [3.8, 4) is 11.5 Å². The summed E-state index contributed by atoms with van der Waals surface area (Å²) in [6.07, 6.45) is -0.945. The summed E-state index contributed by atoms with van der Waals surface area (Å²) >= 11 is 0. The van der Waals surface area contributed by atoms with Gasteiger partial charge in [0.2, 0.25) is 5.89 Å². The molecule has 0 atom stereocenters. The van der Waals surface area contributed by atoms with E-state index >= 15 is 0 Å². The largest absolute Gasteiger partial charge is 0.465 e. The van der Waals surface area contributed by atoms with Gasteiger partial charge < -0.3 is 19.3 Å². The zero-order chi connectivity index (χ0) is 18.1. The van der Waals surface area contributed by atoms with E-state index < -0.39 is 6.09 Å². The molecule has 0 spiro atoms. The number of benzene rings is 2. The number of oxazole rings is 1. The SMILES string of the molecule is O=C(O)N1CCN(C(=O)c2ccc(-c3nc4ccccc4o3)cc2)CC1. The minimum atomic E-state index is -0.945. The van der Waals surface area contributed by atoms with Crippen molar-refractivity contribution in [2.45, 2.75) is 0 Å². The molecule has 0 unspecified atom stereocenters. The van der Waals surface area contributed by atoms with Gasteiger partial charge in [0.25, 0.3) is 5.91 Å². The van der Waals surface area contributed by atoms with Crippen molar-refractivity contribution in [3.05, 3.63) is 54.1 Å². The third-order valence-corrected chi connectivity index (χ3v) is 4.51. The highest BCUT2D eigenvalue weighted by atomic mass is 16.4. The molecule has 0 radical (unpaired) electrons. The molecule has 0 aliphatic carbocycles. The number of nitrogens with zero attached hydrogens (tertiary/aromatic N) is 3. The molecule has 7 heteroatoms. The number of piperazine rings is 1. The molecule has 0 saturated carbocycles. The maximum absolute atomic E-state index is 12.6. The number of hydrogen-bond acceptors (Lipinski definition) is 4. The molecule has 1 N–H and O–H groups in total. The fourth-order valence-electron chi connectivity index (χ4n) is 3.03. The van der Waals surface area contributed by atoms with Gasteiger partial charge in [0, 0.05) is 37.3 Å². The number of fused-ring (bicyclic) bond motifs is 1. The first-order chi connectivity index (χ1) is 12.6. The number of rotatable bonds is 2. The highest BCUT2D eigenvalue weighted by Gasteiger charge is 2.24. The van der Waals surface area contributed by atoms with E-state index in [1.165, 1.54) is 4.90 Å². The van der Waals surface area contributed by atoms with Gasteiger partial charge in [-0.15, -0.1) is 0 Å². The molecule has 132 valence electrons. The lowest BCUT2D eigenvalue weighted by Gasteiger charge is -2.33. The number of carbonyl (C=O) groups is 2. The molecule has 1 aliphatic heterocycles. The Morgan fingerprint density at radius 2 is 1.58 bits per heavy atom. The van der Waals surface area contributed by atoms with Crippen molar-refractivity contribution in [2.24, 2.45) is 0 Å². The molecule has 1 aliphatic rings. The minimum absolute atomic E-state index is 0.0980. The summed E-state index contributed by atoms with van der Waals surface area (Å²) in [5.41, 5.74) is 2.87. The Hall–Kier alpha value is -3.35. The van der Waals surface area contributed by atoms with E-state index in [2.05, 4.69) is 4.98 Å². The normalized spacial score (nSPS) is 14.6. The molecule has 2 amide bonds. The fraction of sp³-hybridized carbons (Fsp3) is 0.211. The van der Waals surface area contributed by atoms with E-state index in [1.54, 1.807) is 17.0 Å². The number of carboxylic acid groups (broad SMARTS) is 1. The number of para-hydroxylation sites is 2. The molecule has 1 saturated heterocycles. The van der Waals surface area contributed by atoms with Gasteiger partial charge in [0.05, 0.1) is 0 Å². The van der Waals surface area contributed by atoms with Crippen LogP contribution in [0.2, 0.25) is 0 Å². The molecule has 2 aromatic carbocycles. The Morgan fingerprint density at radius 3 is 2.23 bits per heavy atom. The molecule has 0 bridgehead atoms. The maximum Gasteiger partial charge on any atom is 0.407 e. The van der Waals surface area contributed by atoms with E-state index in [1.807, 2.05) is 36.4 Å². The molecular formula is C19H17N3O4. The smallest absolute Gasteiger partial charge is 0.407 e. The quantitative estimate of drug-likeness (QED) is 0.767.